The molecule has 1 saturated heterocycles. The van der Waals surface area contributed by atoms with E-state index in [1.165, 1.54) is 29.3 Å². The summed E-state index contributed by atoms with van der Waals surface area (Å²) >= 11 is 5.75. The first-order valence-electron chi connectivity index (χ1n) is 8.21. The Balaban J connectivity index is 1.67. The summed E-state index contributed by atoms with van der Waals surface area (Å²) in [5, 5.41) is 39.4. The second-order valence-electron chi connectivity index (χ2n) is 6.30. The molecule has 0 radical (unpaired) electrons. The predicted molar refractivity (Wildman–Crippen MR) is 93.9 cm³/mol. The van der Waals surface area contributed by atoms with Crippen LogP contribution in [-0.2, 0) is 4.74 Å². The van der Waals surface area contributed by atoms with Crippen molar-refractivity contribution in [3.05, 3.63) is 52.6 Å². The molecule has 12 heteroatoms. The number of aliphatic hydroxyl groups excluding tert-OH is 3. The molecule has 1 aromatic carbocycles. The molecule has 0 spiro atoms. The van der Waals surface area contributed by atoms with Crippen molar-refractivity contribution in [2.24, 2.45) is 10.9 Å². The lowest BCUT2D eigenvalue weighted by Gasteiger charge is -2.21. The molecule has 1 aliphatic heterocycles. The predicted octanol–water partition coefficient (Wildman–Crippen LogP) is -0.321. The lowest BCUT2D eigenvalue weighted by molar-refractivity contribution is -0.0884. The van der Waals surface area contributed by atoms with Crippen LogP contribution in [0.4, 0.5) is 4.39 Å². The first kappa shape index (κ1) is 18.8. The quantitative estimate of drug-likeness (QED) is 0.292. The number of ether oxygens (including phenoxy) is 1. The maximum Gasteiger partial charge on any atom is 0.185 e. The Morgan fingerprint density at radius 1 is 1.36 bits per heavy atom. The minimum atomic E-state index is -1.44. The maximum absolute atomic E-state index is 13.4. The van der Waals surface area contributed by atoms with Gasteiger partial charge in [0.2, 0.25) is 0 Å². The number of aliphatic hydroxyl groups is 3. The number of rotatable bonds is 3. The van der Waals surface area contributed by atoms with Gasteiger partial charge in [-0.1, -0.05) is 17.7 Å². The molecule has 0 aliphatic carbocycles. The van der Waals surface area contributed by atoms with Gasteiger partial charge < -0.3 is 30.9 Å². The van der Waals surface area contributed by atoms with Crippen molar-refractivity contribution in [3.8, 4) is 0 Å². The van der Waals surface area contributed by atoms with E-state index in [0.29, 0.717) is 11.0 Å². The van der Waals surface area contributed by atoms with Crippen LogP contribution in [0, 0.1) is 5.82 Å². The number of benzene rings is 1. The third-order valence-electron chi connectivity index (χ3n) is 4.66. The Labute approximate surface area is 161 Å². The van der Waals surface area contributed by atoms with Crippen LogP contribution in [0.2, 0.25) is 5.02 Å². The summed E-state index contributed by atoms with van der Waals surface area (Å²) in [6.45, 7) is 0. The van der Waals surface area contributed by atoms with Gasteiger partial charge in [0.05, 0.1) is 22.9 Å². The number of hydrogen-bond donors (Lipinski definition) is 5. The van der Waals surface area contributed by atoms with Crippen molar-refractivity contribution in [2.75, 3.05) is 0 Å². The molecular formula is C16H16ClFN6O4. The monoisotopic (exact) mass is 410 g/mol. The lowest BCUT2D eigenvalue weighted by atomic mass is 9.99. The molecule has 3 aromatic rings. The van der Waals surface area contributed by atoms with Crippen molar-refractivity contribution in [2.45, 2.75) is 30.6 Å². The maximum atomic E-state index is 13.4. The molecule has 0 amide bonds. The second kappa shape index (κ2) is 7.11. The van der Waals surface area contributed by atoms with Crippen molar-refractivity contribution in [3.63, 3.8) is 0 Å². The zero-order valence-corrected chi connectivity index (χ0v) is 14.9. The van der Waals surface area contributed by atoms with E-state index in [2.05, 4.69) is 20.2 Å². The van der Waals surface area contributed by atoms with Crippen LogP contribution in [0.1, 0.15) is 17.9 Å². The molecule has 6 N–H and O–H groups in total. The van der Waals surface area contributed by atoms with Crippen LogP contribution in [0.15, 0.2) is 35.8 Å². The molecule has 5 atom stereocenters. The van der Waals surface area contributed by atoms with E-state index in [1.807, 2.05) is 0 Å². The molecule has 0 saturated carbocycles. The standard InChI is InChI=1S/C16H16ClFN6O4/c17-8-3-6(1-2-9(8)18)10(25)13-11(26)12(27)16(28-13)24-15-7(4-22-24)14(23-19)20-5-21-15/h1-5,10-13,16,25-27H,19H2,(H,20,21,23)/t10?,11-,12+,13+,16+/m0/s1. The number of H-pyrrole nitrogens is 1. The molecular weight excluding hydrogens is 395 g/mol. The first-order chi connectivity index (χ1) is 13.4. The Hall–Kier alpha value is -2.57. The Morgan fingerprint density at radius 3 is 2.86 bits per heavy atom. The van der Waals surface area contributed by atoms with Gasteiger partial charge in [0.25, 0.3) is 0 Å². The number of nitrogens with one attached hydrogen (secondary N) is 1. The van der Waals surface area contributed by atoms with E-state index < -0.39 is 36.5 Å². The van der Waals surface area contributed by atoms with Crippen LogP contribution in [0.3, 0.4) is 0 Å². The summed E-state index contributed by atoms with van der Waals surface area (Å²) in [4.78, 5) is 6.82. The Bertz CT molecular complexity index is 1090. The molecule has 1 unspecified atom stereocenters. The van der Waals surface area contributed by atoms with Crippen LogP contribution in [0.5, 0.6) is 0 Å². The number of fused-ring (bicyclic) bond motifs is 1. The Morgan fingerprint density at radius 2 is 2.14 bits per heavy atom. The molecule has 1 aliphatic rings. The van der Waals surface area contributed by atoms with E-state index in [1.54, 1.807) is 0 Å². The number of nitrogens with zero attached hydrogens (tertiary/aromatic N) is 4. The minimum absolute atomic E-state index is 0.181. The zero-order valence-electron chi connectivity index (χ0n) is 14.1. The Kier molecular flexibility index (Phi) is 4.77. The van der Waals surface area contributed by atoms with Gasteiger partial charge in [-0.15, -0.1) is 0 Å². The van der Waals surface area contributed by atoms with E-state index in [-0.39, 0.29) is 16.1 Å². The van der Waals surface area contributed by atoms with Gasteiger partial charge in [-0.25, -0.2) is 14.1 Å². The molecule has 1 fully saturated rings. The number of halogens is 2. The molecule has 2 aromatic heterocycles. The van der Waals surface area contributed by atoms with Gasteiger partial charge in [0, 0.05) is 0 Å². The fraction of sp³-hybridized carbons (Fsp3) is 0.312. The highest BCUT2D eigenvalue weighted by molar-refractivity contribution is 6.30. The highest BCUT2D eigenvalue weighted by atomic mass is 35.5. The molecule has 148 valence electrons. The van der Waals surface area contributed by atoms with E-state index in [4.69, 9.17) is 22.2 Å². The number of aromatic nitrogens is 4. The van der Waals surface area contributed by atoms with Crippen molar-refractivity contribution >= 4 is 22.6 Å². The van der Waals surface area contributed by atoms with Gasteiger partial charge in [0.15, 0.2) is 11.7 Å². The minimum Gasteiger partial charge on any atom is -0.387 e. The fourth-order valence-electron chi connectivity index (χ4n) is 3.22. The van der Waals surface area contributed by atoms with Crippen LogP contribution >= 0.6 is 11.6 Å². The lowest BCUT2D eigenvalue weighted by Crippen LogP contribution is -2.35. The normalized spacial score (nSPS) is 26.8. The fourth-order valence-corrected chi connectivity index (χ4v) is 3.41. The van der Waals surface area contributed by atoms with Crippen LogP contribution in [-0.4, -0.2) is 53.4 Å². The molecule has 28 heavy (non-hydrogen) atoms. The summed E-state index contributed by atoms with van der Waals surface area (Å²) in [5.41, 5.74) is 0.856. The largest absolute Gasteiger partial charge is 0.387 e. The average Bonchev–Trinajstić information content (AvgIpc) is 3.25. The van der Waals surface area contributed by atoms with Crippen LogP contribution < -0.4 is 11.3 Å². The first-order valence-corrected chi connectivity index (χ1v) is 8.59. The number of nitrogens with two attached hydrogens (primary N) is 1. The van der Waals surface area contributed by atoms with Gasteiger partial charge >= 0.3 is 0 Å². The van der Waals surface area contributed by atoms with Crippen molar-refractivity contribution < 1.29 is 24.4 Å². The summed E-state index contributed by atoms with van der Waals surface area (Å²) in [6.07, 6.45) is -3.77. The molecule has 3 heterocycles. The molecule has 0 bridgehead atoms. The molecule has 4 rings (SSSR count). The topological polar surface area (TPSA) is 155 Å². The van der Waals surface area contributed by atoms with E-state index in [0.717, 1.165) is 6.07 Å². The molecule has 10 nitrogen and oxygen atoms in total. The SMILES string of the molecule is NN=c1nc[nH]c2c1cnn2[C@@H]1O[C@H](C(O)c2ccc(F)c(Cl)c2)[C@@H](O)[C@H]1O. The van der Waals surface area contributed by atoms with Crippen LogP contribution in [0.25, 0.3) is 11.0 Å². The highest BCUT2D eigenvalue weighted by Crippen LogP contribution is 2.37. The van der Waals surface area contributed by atoms with E-state index >= 15 is 0 Å². The third-order valence-corrected chi connectivity index (χ3v) is 4.95. The summed E-state index contributed by atoms with van der Waals surface area (Å²) in [6, 6.07) is 3.64. The van der Waals surface area contributed by atoms with Gasteiger partial charge in [0.1, 0.15) is 35.9 Å². The summed E-state index contributed by atoms with van der Waals surface area (Å²) < 4.78 is 20.4. The highest BCUT2D eigenvalue weighted by Gasteiger charge is 2.48. The number of aromatic amines is 1. The van der Waals surface area contributed by atoms with Crippen molar-refractivity contribution in [1.82, 2.24) is 19.7 Å². The van der Waals surface area contributed by atoms with Crippen molar-refractivity contribution in [1.29, 1.82) is 0 Å². The van der Waals surface area contributed by atoms with E-state index in [9.17, 15) is 19.7 Å². The third kappa shape index (κ3) is 2.93. The summed E-state index contributed by atoms with van der Waals surface area (Å²) in [7, 11) is 0. The second-order valence-corrected chi connectivity index (χ2v) is 6.70. The van der Waals surface area contributed by atoms with Gasteiger partial charge in [-0.2, -0.15) is 10.2 Å². The number of hydrogen-bond acceptors (Lipinski definition) is 8. The van der Waals surface area contributed by atoms with Gasteiger partial charge in [-0.05, 0) is 17.7 Å². The zero-order chi connectivity index (χ0) is 20.0. The van der Waals surface area contributed by atoms with Gasteiger partial charge in [-0.3, -0.25) is 0 Å². The summed E-state index contributed by atoms with van der Waals surface area (Å²) in [5.74, 6) is 4.66. The smallest absolute Gasteiger partial charge is 0.185 e. The average molecular weight is 411 g/mol.